The van der Waals surface area contributed by atoms with Crippen molar-refractivity contribution >= 4 is 5.78 Å². The maximum atomic E-state index is 12.5. The molecule has 0 fully saturated rings. The number of rotatable bonds is 2. The van der Waals surface area contributed by atoms with E-state index in [0.29, 0.717) is 5.56 Å². The van der Waals surface area contributed by atoms with Crippen LogP contribution in [0.1, 0.15) is 21.5 Å². The summed E-state index contributed by atoms with van der Waals surface area (Å²) in [5.41, 5.74) is -0.405. The molecule has 92 valence electrons. The summed E-state index contributed by atoms with van der Waals surface area (Å²) in [6, 6.07) is 12.6. The van der Waals surface area contributed by atoms with E-state index in [1.54, 1.807) is 30.3 Å². The van der Waals surface area contributed by atoms with Gasteiger partial charge in [0.15, 0.2) is 5.78 Å². The van der Waals surface area contributed by atoms with Crippen LogP contribution in [-0.2, 0) is 6.18 Å². The van der Waals surface area contributed by atoms with E-state index in [0.717, 1.165) is 12.1 Å². The monoisotopic (exact) mass is 250 g/mol. The molecule has 0 aromatic heterocycles. The zero-order valence-electron chi connectivity index (χ0n) is 9.24. The Morgan fingerprint density at radius 3 is 2.06 bits per heavy atom. The van der Waals surface area contributed by atoms with Gasteiger partial charge in [0.1, 0.15) is 0 Å². The third-order valence-corrected chi connectivity index (χ3v) is 2.49. The Kier molecular flexibility index (Phi) is 3.19. The van der Waals surface area contributed by atoms with Gasteiger partial charge in [-0.25, -0.2) is 0 Å². The number of hydrogen-bond donors (Lipinski definition) is 0. The summed E-state index contributed by atoms with van der Waals surface area (Å²) >= 11 is 0. The van der Waals surface area contributed by atoms with Crippen molar-refractivity contribution in [3.8, 4) is 0 Å². The van der Waals surface area contributed by atoms with Crippen LogP contribution < -0.4 is 0 Å². The number of halogens is 3. The van der Waals surface area contributed by atoms with Crippen LogP contribution >= 0.6 is 0 Å². The molecule has 0 bridgehead atoms. The Balaban J connectivity index is 2.38. The van der Waals surface area contributed by atoms with Gasteiger partial charge in [-0.2, -0.15) is 13.2 Å². The fourth-order valence-electron chi connectivity index (χ4n) is 1.59. The molecule has 2 aromatic carbocycles. The van der Waals surface area contributed by atoms with Crippen molar-refractivity contribution in [1.82, 2.24) is 0 Å². The second-order valence-corrected chi connectivity index (χ2v) is 3.77. The molecule has 2 rings (SSSR count). The molecule has 0 aliphatic heterocycles. The molecule has 0 N–H and O–H groups in total. The van der Waals surface area contributed by atoms with Crippen LogP contribution in [0.2, 0.25) is 0 Å². The molecule has 0 aliphatic carbocycles. The van der Waals surface area contributed by atoms with Crippen LogP contribution in [0.15, 0.2) is 54.6 Å². The third-order valence-electron chi connectivity index (χ3n) is 2.49. The van der Waals surface area contributed by atoms with Crippen LogP contribution in [0, 0.1) is 0 Å². The number of alkyl halides is 3. The summed E-state index contributed by atoms with van der Waals surface area (Å²) in [6.07, 6.45) is -4.44. The van der Waals surface area contributed by atoms with Gasteiger partial charge in [0.05, 0.1) is 5.56 Å². The molecule has 0 aliphatic rings. The average molecular weight is 250 g/mol. The summed E-state index contributed by atoms with van der Waals surface area (Å²) in [5.74, 6) is -0.415. The summed E-state index contributed by atoms with van der Waals surface area (Å²) in [4.78, 5) is 12.0. The van der Waals surface area contributed by atoms with Crippen molar-refractivity contribution in [3.63, 3.8) is 0 Å². The minimum atomic E-state index is -4.44. The van der Waals surface area contributed by atoms with Gasteiger partial charge in [-0.1, -0.05) is 42.5 Å². The molecule has 0 amide bonds. The molecule has 0 radical (unpaired) electrons. The summed E-state index contributed by atoms with van der Waals surface area (Å²) in [7, 11) is 0. The first-order valence-electron chi connectivity index (χ1n) is 5.25. The van der Waals surface area contributed by atoms with E-state index in [-0.39, 0.29) is 5.56 Å². The molecule has 18 heavy (non-hydrogen) atoms. The lowest BCUT2D eigenvalue weighted by Gasteiger charge is -2.08. The van der Waals surface area contributed by atoms with E-state index in [9.17, 15) is 18.0 Å². The summed E-state index contributed by atoms with van der Waals surface area (Å²) < 4.78 is 37.6. The van der Waals surface area contributed by atoms with E-state index in [4.69, 9.17) is 0 Å². The van der Waals surface area contributed by atoms with Crippen LogP contribution in [0.3, 0.4) is 0 Å². The molecule has 0 atom stereocenters. The predicted octanol–water partition coefficient (Wildman–Crippen LogP) is 3.94. The topological polar surface area (TPSA) is 17.1 Å². The van der Waals surface area contributed by atoms with Crippen molar-refractivity contribution < 1.29 is 18.0 Å². The first-order chi connectivity index (χ1) is 8.48. The molecule has 0 saturated carbocycles. The van der Waals surface area contributed by atoms with Crippen molar-refractivity contribution in [2.24, 2.45) is 0 Å². The maximum Gasteiger partial charge on any atom is 0.416 e. The third kappa shape index (κ3) is 2.59. The van der Waals surface area contributed by atoms with Gasteiger partial charge in [0.2, 0.25) is 0 Å². The normalized spacial score (nSPS) is 11.3. The number of carbonyl (C=O) groups is 1. The van der Waals surface area contributed by atoms with Gasteiger partial charge in [-0.05, 0) is 12.1 Å². The quantitative estimate of drug-likeness (QED) is 0.738. The SMILES string of the molecule is O=C(c1ccccc1)c1cccc(C(F)(F)F)c1. The van der Waals surface area contributed by atoms with Crippen LogP contribution in [0.25, 0.3) is 0 Å². The highest BCUT2D eigenvalue weighted by atomic mass is 19.4. The number of ketones is 1. The molecular formula is C14H9F3O. The van der Waals surface area contributed by atoms with E-state index >= 15 is 0 Å². The zero-order chi connectivity index (χ0) is 13.2. The molecule has 0 heterocycles. The Labute approximate surface area is 102 Å². The fourth-order valence-corrected chi connectivity index (χ4v) is 1.59. The van der Waals surface area contributed by atoms with Gasteiger partial charge in [-0.3, -0.25) is 4.79 Å². The predicted molar refractivity (Wildman–Crippen MR) is 61.3 cm³/mol. The highest BCUT2D eigenvalue weighted by Crippen LogP contribution is 2.29. The van der Waals surface area contributed by atoms with Crippen LogP contribution in [0.4, 0.5) is 13.2 Å². The number of hydrogen-bond acceptors (Lipinski definition) is 1. The fraction of sp³-hybridized carbons (Fsp3) is 0.0714. The Bertz CT molecular complexity index is 559. The van der Waals surface area contributed by atoms with Crippen molar-refractivity contribution in [3.05, 3.63) is 71.3 Å². The van der Waals surface area contributed by atoms with Crippen LogP contribution in [0.5, 0.6) is 0 Å². The van der Waals surface area contributed by atoms with Crippen LogP contribution in [-0.4, -0.2) is 5.78 Å². The van der Waals surface area contributed by atoms with E-state index < -0.39 is 17.5 Å². The first-order valence-corrected chi connectivity index (χ1v) is 5.25. The van der Waals surface area contributed by atoms with E-state index in [1.165, 1.54) is 12.1 Å². The second kappa shape index (κ2) is 4.64. The minimum Gasteiger partial charge on any atom is -0.289 e. The van der Waals surface area contributed by atoms with E-state index in [2.05, 4.69) is 0 Å². The minimum absolute atomic E-state index is 0.0380. The van der Waals surface area contributed by atoms with Gasteiger partial charge in [-0.15, -0.1) is 0 Å². The van der Waals surface area contributed by atoms with Gasteiger partial charge in [0, 0.05) is 11.1 Å². The smallest absolute Gasteiger partial charge is 0.289 e. The highest BCUT2D eigenvalue weighted by Gasteiger charge is 2.30. The molecule has 2 aromatic rings. The Morgan fingerprint density at radius 1 is 0.833 bits per heavy atom. The molecule has 0 unspecified atom stereocenters. The first kappa shape index (κ1) is 12.4. The standard InChI is InChI=1S/C14H9F3O/c15-14(16,17)12-8-4-7-11(9-12)13(18)10-5-2-1-3-6-10/h1-9H. The molecular weight excluding hydrogens is 241 g/mol. The van der Waals surface area contributed by atoms with Gasteiger partial charge < -0.3 is 0 Å². The summed E-state index contributed by atoms with van der Waals surface area (Å²) in [6.45, 7) is 0. The van der Waals surface area contributed by atoms with Crippen molar-refractivity contribution in [2.75, 3.05) is 0 Å². The lowest BCUT2D eigenvalue weighted by atomic mass is 10.0. The molecule has 0 saturated heterocycles. The number of benzene rings is 2. The number of carbonyl (C=O) groups excluding carboxylic acids is 1. The lowest BCUT2D eigenvalue weighted by molar-refractivity contribution is -0.137. The second-order valence-electron chi connectivity index (χ2n) is 3.77. The van der Waals surface area contributed by atoms with Crippen molar-refractivity contribution in [2.45, 2.75) is 6.18 Å². The Morgan fingerprint density at radius 2 is 1.44 bits per heavy atom. The lowest BCUT2D eigenvalue weighted by Crippen LogP contribution is -2.08. The molecule has 0 spiro atoms. The largest absolute Gasteiger partial charge is 0.416 e. The Hall–Kier alpha value is -2.10. The summed E-state index contributed by atoms with van der Waals surface area (Å²) in [5, 5.41) is 0. The zero-order valence-corrected chi connectivity index (χ0v) is 9.24. The van der Waals surface area contributed by atoms with Crippen molar-refractivity contribution in [1.29, 1.82) is 0 Å². The molecule has 4 heteroatoms. The van der Waals surface area contributed by atoms with E-state index in [1.807, 2.05) is 0 Å². The van der Waals surface area contributed by atoms with Gasteiger partial charge >= 0.3 is 6.18 Å². The van der Waals surface area contributed by atoms with Gasteiger partial charge in [0.25, 0.3) is 0 Å². The maximum absolute atomic E-state index is 12.5. The average Bonchev–Trinajstić information content (AvgIpc) is 2.38. The molecule has 1 nitrogen and oxygen atoms in total. The highest BCUT2D eigenvalue weighted by molar-refractivity contribution is 6.09.